The van der Waals surface area contributed by atoms with E-state index < -0.39 is 0 Å². The highest BCUT2D eigenvalue weighted by Gasteiger charge is 2.28. The minimum absolute atomic E-state index is 0.0312. The quantitative estimate of drug-likeness (QED) is 0.523. The Labute approximate surface area is 71.0 Å². The number of alkyl halides is 1. The van der Waals surface area contributed by atoms with Crippen LogP contribution in [0.1, 0.15) is 13.8 Å². The molecule has 3 heteroatoms. The molecule has 0 aromatic heterocycles. The molecule has 0 aromatic carbocycles. The first-order valence-electron chi connectivity index (χ1n) is 3.20. The van der Waals surface area contributed by atoms with E-state index in [0.717, 1.165) is 5.33 Å². The molecule has 0 heterocycles. The van der Waals surface area contributed by atoms with Crippen LogP contribution in [0.25, 0.3) is 0 Å². The van der Waals surface area contributed by atoms with Crippen LogP contribution >= 0.6 is 15.9 Å². The molecule has 0 bridgehead atoms. The molecular formula is C7H15BrO2. The van der Waals surface area contributed by atoms with Gasteiger partial charge in [-0.1, -0.05) is 29.8 Å². The number of hydrogen-bond donors (Lipinski definition) is 0. The number of halogens is 1. The van der Waals surface area contributed by atoms with E-state index in [4.69, 9.17) is 9.47 Å². The summed E-state index contributed by atoms with van der Waals surface area (Å²) in [4.78, 5) is 0. The molecule has 0 spiro atoms. The van der Waals surface area contributed by atoms with Crippen molar-refractivity contribution in [2.75, 3.05) is 19.5 Å². The normalized spacial score (nSPS) is 12.6. The Bertz CT molecular complexity index is 89.6. The molecule has 0 saturated carbocycles. The van der Waals surface area contributed by atoms with E-state index in [1.165, 1.54) is 0 Å². The molecule has 2 nitrogen and oxygen atoms in total. The maximum absolute atomic E-state index is 5.10. The molecule has 0 amide bonds. The first-order valence-corrected chi connectivity index (χ1v) is 4.32. The second-order valence-electron chi connectivity index (χ2n) is 2.93. The van der Waals surface area contributed by atoms with Crippen molar-refractivity contribution in [3.8, 4) is 0 Å². The number of hydrogen-bond acceptors (Lipinski definition) is 2. The van der Waals surface area contributed by atoms with Gasteiger partial charge in [-0.25, -0.2) is 0 Å². The summed E-state index contributed by atoms with van der Waals surface area (Å²) in [7, 11) is 3.30. The molecule has 0 aliphatic rings. The maximum Gasteiger partial charge on any atom is 0.162 e. The van der Waals surface area contributed by atoms with Crippen molar-refractivity contribution in [2.24, 2.45) is 5.41 Å². The zero-order chi connectivity index (χ0) is 8.20. The second-order valence-corrected chi connectivity index (χ2v) is 3.49. The lowest BCUT2D eigenvalue weighted by Crippen LogP contribution is -2.34. The first kappa shape index (κ1) is 10.4. The monoisotopic (exact) mass is 210 g/mol. The van der Waals surface area contributed by atoms with Crippen molar-refractivity contribution in [2.45, 2.75) is 20.1 Å². The highest BCUT2D eigenvalue weighted by Crippen LogP contribution is 2.25. The number of rotatable bonds is 4. The van der Waals surface area contributed by atoms with Gasteiger partial charge in [0.1, 0.15) is 0 Å². The van der Waals surface area contributed by atoms with Gasteiger partial charge >= 0.3 is 0 Å². The van der Waals surface area contributed by atoms with Crippen LogP contribution in [0, 0.1) is 5.41 Å². The fourth-order valence-corrected chi connectivity index (χ4v) is 1.06. The maximum atomic E-state index is 5.10. The molecule has 0 saturated heterocycles. The molecule has 0 radical (unpaired) electrons. The van der Waals surface area contributed by atoms with Gasteiger partial charge in [0.05, 0.1) is 0 Å². The van der Waals surface area contributed by atoms with Crippen LogP contribution < -0.4 is 0 Å². The van der Waals surface area contributed by atoms with Crippen LogP contribution in [0.15, 0.2) is 0 Å². The molecular weight excluding hydrogens is 196 g/mol. The molecule has 0 unspecified atom stereocenters. The van der Waals surface area contributed by atoms with Crippen LogP contribution in [-0.4, -0.2) is 25.8 Å². The minimum Gasteiger partial charge on any atom is -0.355 e. The van der Waals surface area contributed by atoms with Crippen molar-refractivity contribution in [1.82, 2.24) is 0 Å². The van der Waals surface area contributed by atoms with Crippen LogP contribution in [-0.2, 0) is 9.47 Å². The Kier molecular flexibility index (Phi) is 4.49. The number of methoxy groups -OCH3 is 2. The zero-order valence-electron chi connectivity index (χ0n) is 6.98. The summed E-state index contributed by atoms with van der Waals surface area (Å²) < 4.78 is 10.2. The van der Waals surface area contributed by atoms with E-state index in [1.54, 1.807) is 14.2 Å². The first-order chi connectivity index (χ1) is 4.58. The van der Waals surface area contributed by atoms with Gasteiger partial charge < -0.3 is 9.47 Å². The van der Waals surface area contributed by atoms with Crippen LogP contribution in [0.2, 0.25) is 0 Å². The predicted octanol–water partition coefficient (Wildman–Crippen LogP) is 2.03. The topological polar surface area (TPSA) is 18.5 Å². The van der Waals surface area contributed by atoms with Crippen molar-refractivity contribution in [1.29, 1.82) is 0 Å². The fraction of sp³-hybridized carbons (Fsp3) is 1.00. The fourth-order valence-electron chi connectivity index (χ4n) is 0.797. The van der Waals surface area contributed by atoms with E-state index in [1.807, 2.05) is 0 Å². The largest absolute Gasteiger partial charge is 0.355 e. The molecule has 62 valence electrons. The summed E-state index contributed by atoms with van der Waals surface area (Å²) in [6, 6.07) is 0. The summed E-state index contributed by atoms with van der Waals surface area (Å²) in [5, 5.41) is 0.867. The second kappa shape index (κ2) is 4.31. The zero-order valence-corrected chi connectivity index (χ0v) is 8.56. The van der Waals surface area contributed by atoms with Crippen molar-refractivity contribution >= 4 is 15.9 Å². The Hall–Kier alpha value is 0.400. The Morgan fingerprint density at radius 1 is 1.30 bits per heavy atom. The van der Waals surface area contributed by atoms with Gasteiger partial charge in [-0.05, 0) is 0 Å². The molecule has 0 atom stereocenters. The summed E-state index contributed by atoms with van der Waals surface area (Å²) >= 11 is 3.39. The summed E-state index contributed by atoms with van der Waals surface area (Å²) in [5.41, 5.74) is 0.0312. The third-order valence-electron chi connectivity index (χ3n) is 1.41. The molecule has 0 fully saturated rings. The van der Waals surface area contributed by atoms with Crippen molar-refractivity contribution in [3.05, 3.63) is 0 Å². The van der Waals surface area contributed by atoms with E-state index in [0.29, 0.717) is 0 Å². The molecule has 0 aromatic rings. The smallest absolute Gasteiger partial charge is 0.162 e. The van der Waals surface area contributed by atoms with Crippen molar-refractivity contribution < 1.29 is 9.47 Å². The average molecular weight is 211 g/mol. The predicted molar refractivity (Wildman–Crippen MR) is 45.4 cm³/mol. The molecule has 0 aliphatic carbocycles. The van der Waals surface area contributed by atoms with E-state index in [-0.39, 0.29) is 11.7 Å². The van der Waals surface area contributed by atoms with Gasteiger partial charge in [0.15, 0.2) is 6.29 Å². The van der Waals surface area contributed by atoms with E-state index >= 15 is 0 Å². The lowest BCUT2D eigenvalue weighted by molar-refractivity contribution is -0.159. The van der Waals surface area contributed by atoms with Crippen LogP contribution in [0.5, 0.6) is 0 Å². The molecule has 0 rings (SSSR count). The highest BCUT2D eigenvalue weighted by molar-refractivity contribution is 9.09. The standard InChI is InChI=1S/C7H15BrO2/c1-7(2,5-8)6(9-3)10-4/h6H,5H2,1-4H3. The average Bonchev–Trinajstić information content (AvgIpc) is 1.90. The Morgan fingerprint density at radius 3 is 1.80 bits per heavy atom. The Morgan fingerprint density at radius 2 is 1.70 bits per heavy atom. The third kappa shape index (κ3) is 2.56. The van der Waals surface area contributed by atoms with Crippen molar-refractivity contribution in [3.63, 3.8) is 0 Å². The summed E-state index contributed by atoms with van der Waals surface area (Å²) in [6.45, 7) is 4.17. The molecule has 10 heavy (non-hydrogen) atoms. The summed E-state index contributed by atoms with van der Waals surface area (Å²) in [6.07, 6.45) is -0.133. The highest BCUT2D eigenvalue weighted by atomic mass is 79.9. The van der Waals surface area contributed by atoms with Gasteiger partial charge in [-0.15, -0.1) is 0 Å². The lowest BCUT2D eigenvalue weighted by atomic mass is 9.96. The van der Waals surface area contributed by atoms with Gasteiger partial charge in [0, 0.05) is 25.0 Å². The lowest BCUT2D eigenvalue weighted by Gasteiger charge is -2.29. The SMILES string of the molecule is COC(OC)C(C)(C)CBr. The minimum atomic E-state index is -0.133. The molecule has 0 N–H and O–H groups in total. The van der Waals surface area contributed by atoms with Gasteiger partial charge in [-0.3, -0.25) is 0 Å². The number of ether oxygens (including phenoxy) is 2. The summed E-state index contributed by atoms with van der Waals surface area (Å²) in [5.74, 6) is 0. The van der Waals surface area contributed by atoms with Gasteiger partial charge in [0.2, 0.25) is 0 Å². The van der Waals surface area contributed by atoms with Gasteiger partial charge in [-0.2, -0.15) is 0 Å². The third-order valence-corrected chi connectivity index (χ3v) is 2.86. The van der Waals surface area contributed by atoms with E-state index in [9.17, 15) is 0 Å². The molecule has 0 aliphatic heterocycles. The Balaban J connectivity index is 3.97. The van der Waals surface area contributed by atoms with Crippen LogP contribution in [0.3, 0.4) is 0 Å². The van der Waals surface area contributed by atoms with Gasteiger partial charge in [0.25, 0.3) is 0 Å². The van der Waals surface area contributed by atoms with Crippen LogP contribution in [0.4, 0.5) is 0 Å². The van der Waals surface area contributed by atoms with E-state index in [2.05, 4.69) is 29.8 Å².